The van der Waals surface area contributed by atoms with E-state index in [0.717, 1.165) is 11.8 Å². The number of halogens is 1. The normalized spacial score (nSPS) is 10.3. The van der Waals surface area contributed by atoms with Gasteiger partial charge in [-0.15, -0.1) is 16.7 Å². The van der Waals surface area contributed by atoms with Crippen LogP contribution in [-0.4, -0.2) is 27.2 Å². The smallest absolute Gasteiger partial charge is 0.170 e. The molecule has 1 aromatic carbocycles. The monoisotopic (exact) mass is 235 g/mol. The Hall–Kier alpha value is -1.68. The number of carbonyl (C=O) groups excluding carboxylic acids is 1. The molecule has 0 aliphatic carbocycles. The molecule has 0 aliphatic rings. The van der Waals surface area contributed by atoms with Gasteiger partial charge in [-0.3, -0.25) is 4.79 Å². The van der Waals surface area contributed by atoms with Gasteiger partial charge < -0.3 is 0 Å². The SMILES string of the molecule is O=Cc1c(-c2ccccc2)nnn1CCCl. The third-order valence-corrected chi connectivity index (χ3v) is 2.40. The molecule has 0 saturated heterocycles. The number of alkyl halides is 1. The first-order chi connectivity index (χ1) is 7.86. The molecule has 0 spiro atoms. The number of aromatic nitrogens is 3. The van der Waals surface area contributed by atoms with Crippen molar-refractivity contribution in [1.29, 1.82) is 0 Å². The summed E-state index contributed by atoms with van der Waals surface area (Å²) in [5.41, 5.74) is 1.94. The summed E-state index contributed by atoms with van der Waals surface area (Å²) in [5.74, 6) is 0.401. The van der Waals surface area contributed by atoms with Crippen LogP contribution in [0.25, 0.3) is 11.3 Å². The zero-order valence-electron chi connectivity index (χ0n) is 8.51. The summed E-state index contributed by atoms with van der Waals surface area (Å²) in [6.45, 7) is 0.482. The third kappa shape index (κ3) is 1.97. The molecule has 0 atom stereocenters. The highest BCUT2D eigenvalue weighted by Crippen LogP contribution is 2.19. The lowest BCUT2D eigenvalue weighted by molar-refractivity contribution is 0.111. The van der Waals surface area contributed by atoms with Gasteiger partial charge in [-0.25, -0.2) is 4.68 Å². The molecule has 0 unspecified atom stereocenters. The van der Waals surface area contributed by atoms with Crippen LogP contribution in [0.2, 0.25) is 0 Å². The van der Waals surface area contributed by atoms with Crippen LogP contribution >= 0.6 is 11.6 Å². The van der Waals surface area contributed by atoms with Crippen molar-refractivity contribution in [2.75, 3.05) is 5.88 Å². The highest BCUT2D eigenvalue weighted by atomic mass is 35.5. The molecule has 0 saturated carbocycles. The average Bonchev–Trinajstić information content (AvgIpc) is 2.73. The lowest BCUT2D eigenvalue weighted by Gasteiger charge is -1.99. The van der Waals surface area contributed by atoms with E-state index in [1.165, 1.54) is 4.68 Å². The Balaban J connectivity index is 2.46. The minimum atomic E-state index is 0.401. The molecule has 16 heavy (non-hydrogen) atoms. The molecule has 0 amide bonds. The first kappa shape index (κ1) is 10.8. The van der Waals surface area contributed by atoms with E-state index in [4.69, 9.17) is 11.6 Å². The Morgan fingerprint density at radius 1 is 1.31 bits per heavy atom. The number of hydrogen-bond donors (Lipinski definition) is 0. The van der Waals surface area contributed by atoms with Crippen LogP contribution in [0.4, 0.5) is 0 Å². The van der Waals surface area contributed by atoms with Crippen LogP contribution < -0.4 is 0 Å². The maximum atomic E-state index is 11.0. The van der Waals surface area contributed by atoms with Gasteiger partial charge in [0.05, 0.1) is 6.54 Å². The van der Waals surface area contributed by atoms with Gasteiger partial charge >= 0.3 is 0 Å². The quantitative estimate of drug-likeness (QED) is 0.602. The summed E-state index contributed by atoms with van der Waals surface area (Å²) in [6, 6.07) is 9.48. The van der Waals surface area contributed by atoms with Crippen molar-refractivity contribution >= 4 is 17.9 Å². The maximum absolute atomic E-state index is 11.0. The van der Waals surface area contributed by atoms with Gasteiger partial charge in [0.2, 0.25) is 0 Å². The summed E-state index contributed by atoms with van der Waals surface area (Å²) < 4.78 is 1.52. The number of carbonyl (C=O) groups is 1. The molecule has 1 heterocycles. The minimum absolute atomic E-state index is 0.401. The predicted molar refractivity (Wildman–Crippen MR) is 61.6 cm³/mol. The zero-order valence-corrected chi connectivity index (χ0v) is 9.26. The molecule has 0 fully saturated rings. The number of nitrogens with zero attached hydrogens (tertiary/aromatic N) is 3. The number of benzene rings is 1. The van der Waals surface area contributed by atoms with Gasteiger partial charge in [0, 0.05) is 11.4 Å². The predicted octanol–water partition coefficient (Wildman–Crippen LogP) is 2.00. The second kappa shape index (κ2) is 4.90. The van der Waals surface area contributed by atoms with Crippen molar-refractivity contribution in [3.05, 3.63) is 36.0 Å². The van der Waals surface area contributed by atoms with Crippen LogP contribution in [0.1, 0.15) is 10.5 Å². The van der Waals surface area contributed by atoms with E-state index in [1.54, 1.807) is 0 Å². The largest absolute Gasteiger partial charge is 0.296 e. The molecular weight excluding hydrogens is 226 g/mol. The zero-order chi connectivity index (χ0) is 11.4. The molecular formula is C11H10ClN3O. The van der Waals surface area contributed by atoms with Gasteiger partial charge in [-0.2, -0.15) is 0 Å². The minimum Gasteiger partial charge on any atom is -0.296 e. The van der Waals surface area contributed by atoms with Gasteiger partial charge in [0.1, 0.15) is 11.4 Å². The lowest BCUT2D eigenvalue weighted by atomic mass is 10.1. The second-order valence-electron chi connectivity index (χ2n) is 3.22. The van der Waals surface area contributed by atoms with Crippen LogP contribution in [0.3, 0.4) is 0 Å². The van der Waals surface area contributed by atoms with E-state index in [2.05, 4.69) is 10.3 Å². The molecule has 82 valence electrons. The van der Waals surface area contributed by atoms with E-state index in [9.17, 15) is 4.79 Å². The Bertz CT molecular complexity index is 481. The van der Waals surface area contributed by atoms with Crippen LogP contribution in [0.15, 0.2) is 30.3 Å². The summed E-state index contributed by atoms with van der Waals surface area (Å²) in [5, 5.41) is 7.90. The molecule has 2 aromatic rings. The number of aldehydes is 1. The summed E-state index contributed by atoms with van der Waals surface area (Å²) in [7, 11) is 0. The topological polar surface area (TPSA) is 47.8 Å². The maximum Gasteiger partial charge on any atom is 0.170 e. The fourth-order valence-corrected chi connectivity index (χ4v) is 1.64. The molecule has 0 N–H and O–H groups in total. The van der Waals surface area contributed by atoms with Gasteiger partial charge in [0.15, 0.2) is 6.29 Å². The van der Waals surface area contributed by atoms with Crippen molar-refractivity contribution in [3.8, 4) is 11.3 Å². The third-order valence-electron chi connectivity index (χ3n) is 2.23. The van der Waals surface area contributed by atoms with Crippen LogP contribution in [0.5, 0.6) is 0 Å². The first-order valence-corrected chi connectivity index (χ1v) is 5.40. The van der Waals surface area contributed by atoms with Crippen LogP contribution in [-0.2, 0) is 6.54 Å². The molecule has 0 bridgehead atoms. The Kier molecular flexibility index (Phi) is 3.31. The Labute approximate surface area is 97.8 Å². The standard InChI is InChI=1S/C11H10ClN3O/c12-6-7-15-10(8-16)11(13-14-15)9-4-2-1-3-5-9/h1-5,8H,6-7H2. The molecule has 4 nitrogen and oxygen atoms in total. The first-order valence-electron chi connectivity index (χ1n) is 4.87. The van der Waals surface area contributed by atoms with Gasteiger partial charge in [-0.05, 0) is 0 Å². The van der Waals surface area contributed by atoms with Crippen molar-refractivity contribution in [2.24, 2.45) is 0 Å². The summed E-state index contributed by atoms with van der Waals surface area (Å²) >= 11 is 5.62. The second-order valence-corrected chi connectivity index (χ2v) is 3.60. The highest BCUT2D eigenvalue weighted by Gasteiger charge is 2.12. The number of hydrogen-bond acceptors (Lipinski definition) is 3. The molecule has 5 heteroatoms. The van der Waals surface area contributed by atoms with Gasteiger partial charge in [0.25, 0.3) is 0 Å². The summed E-state index contributed by atoms with van der Waals surface area (Å²) in [4.78, 5) is 11.0. The van der Waals surface area contributed by atoms with Crippen molar-refractivity contribution < 1.29 is 4.79 Å². The molecule has 0 radical (unpaired) electrons. The highest BCUT2D eigenvalue weighted by molar-refractivity contribution is 6.17. The number of rotatable bonds is 4. The van der Waals surface area contributed by atoms with Crippen molar-refractivity contribution in [1.82, 2.24) is 15.0 Å². The Morgan fingerprint density at radius 3 is 2.69 bits per heavy atom. The average molecular weight is 236 g/mol. The van der Waals surface area contributed by atoms with E-state index in [-0.39, 0.29) is 0 Å². The van der Waals surface area contributed by atoms with Crippen molar-refractivity contribution in [2.45, 2.75) is 6.54 Å². The van der Waals surface area contributed by atoms with E-state index < -0.39 is 0 Å². The van der Waals surface area contributed by atoms with Gasteiger partial charge in [-0.1, -0.05) is 35.5 Å². The number of aryl methyl sites for hydroxylation is 1. The molecule has 1 aromatic heterocycles. The van der Waals surface area contributed by atoms with E-state index >= 15 is 0 Å². The molecule has 2 rings (SSSR count). The van der Waals surface area contributed by atoms with E-state index in [0.29, 0.717) is 23.8 Å². The van der Waals surface area contributed by atoms with Crippen LogP contribution in [0, 0.1) is 0 Å². The molecule has 0 aliphatic heterocycles. The fourth-order valence-electron chi connectivity index (χ4n) is 1.48. The fraction of sp³-hybridized carbons (Fsp3) is 0.182. The van der Waals surface area contributed by atoms with E-state index in [1.807, 2.05) is 30.3 Å². The lowest BCUT2D eigenvalue weighted by Crippen LogP contribution is -2.05. The van der Waals surface area contributed by atoms with Crippen molar-refractivity contribution in [3.63, 3.8) is 0 Å². The Morgan fingerprint density at radius 2 is 2.06 bits per heavy atom. The summed E-state index contributed by atoms with van der Waals surface area (Å²) in [6.07, 6.45) is 0.759.